The van der Waals surface area contributed by atoms with Crippen LogP contribution in [0, 0.1) is 5.41 Å². The van der Waals surface area contributed by atoms with Gasteiger partial charge in [0.15, 0.2) is 0 Å². The molecule has 1 atom stereocenters. The summed E-state index contributed by atoms with van der Waals surface area (Å²) in [7, 11) is 1.89. The van der Waals surface area contributed by atoms with Crippen molar-refractivity contribution in [2.45, 2.75) is 31.7 Å². The van der Waals surface area contributed by atoms with E-state index in [1.54, 1.807) is 6.20 Å². The Labute approximate surface area is 152 Å². The quantitative estimate of drug-likeness (QED) is 0.909. The Morgan fingerprint density at radius 3 is 2.62 bits per heavy atom. The molecular formula is C19H23N5O2. The van der Waals surface area contributed by atoms with Gasteiger partial charge in [0.05, 0.1) is 6.20 Å². The van der Waals surface area contributed by atoms with E-state index in [1.165, 1.54) is 12.4 Å². The molecule has 1 N–H and O–H groups in total. The number of hydrogen-bond donors (Lipinski definition) is 1. The van der Waals surface area contributed by atoms with E-state index < -0.39 is 0 Å². The van der Waals surface area contributed by atoms with Gasteiger partial charge in [-0.05, 0) is 43.2 Å². The molecule has 26 heavy (non-hydrogen) atoms. The van der Waals surface area contributed by atoms with E-state index in [1.807, 2.05) is 34.8 Å². The molecule has 3 heterocycles. The lowest BCUT2D eigenvalue weighted by molar-refractivity contribution is -0.00266. The van der Waals surface area contributed by atoms with Crippen LogP contribution < -0.4 is 5.32 Å². The number of amides is 2. The van der Waals surface area contributed by atoms with Crippen molar-refractivity contribution in [3.63, 3.8) is 0 Å². The van der Waals surface area contributed by atoms with Crippen LogP contribution in [-0.4, -0.2) is 50.4 Å². The first-order valence-corrected chi connectivity index (χ1v) is 9.07. The SMILES string of the molecule is Cn1cccc1C(=O)N1CCC2(CCC2NC(=O)c2cnccn2)CC1. The molecule has 1 aliphatic heterocycles. The molecule has 2 amide bonds. The van der Waals surface area contributed by atoms with Gasteiger partial charge in [0.1, 0.15) is 11.4 Å². The molecule has 0 bridgehead atoms. The number of likely N-dealkylation sites (tertiary alicyclic amines) is 1. The number of aryl methyl sites for hydroxylation is 1. The van der Waals surface area contributed by atoms with E-state index in [2.05, 4.69) is 15.3 Å². The Bertz CT molecular complexity index is 808. The predicted octanol–water partition coefficient (Wildman–Crippen LogP) is 1.63. The summed E-state index contributed by atoms with van der Waals surface area (Å²) < 4.78 is 1.86. The van der Waals surface area contributed by atoms with Gasteiger partial charge in [0.25, 0.3) is 11.8 Å². The molecule has 1 aliphatic carbocycles. The van der Waals surface area contributed by atoms with E-state index in [4.69, 9.17) is 0 Å². The van der Waals surface area contributed by atoms with Gasteiger partial charge in [-0.2, -0.15) is 0 Å². The Morgan fingerprint density at radius 1 is 1.23 bits per heavy atom. The average Bonchev–Trinajstić information content (AvgIpc) is 3.11. The second kappa shape index (κ2) is 6.55. The van der Waals surface area contributed by atoms with Gasteiger partial charge in [-0.15, -0.1) is 0 Å². The smallest absolute Gasteiger partial charge is 0.271 e. The minimum atomic E-state index is -0.163. The van der Waals surface area contributed by atoms with Crippen LogP contribution in [0.5, 0.6) is 0 Å². The van der Waals surface area contributed by atoms with Gasteiger partial charge in [-0.1, -0.05) is 0 Å². The molecule has 1 saturated heterocycles. The first kappa shape index (κ1) is 16.8. The second-order valence-electron chi connectivity index (χ2n) is 7.31. The highest BCUT2D eigenvalue weighted by Crippen LogP contribution is 2.49. The van der Waals surface area contributed by atoms with Gasteiger partial charge in [-0.25, -0.2) is 4.98 Å². The van der Waals surface area contributed by atoms with Crippen LogP contribution in [0.3, 0.4) is 0 Å². The molecule has 0 aromatic carbocycles. The summed E-state index contributed by atoms with van der Waals surface area (Å²) in [4.78, 5) is 35.0. The zero-order valence-corrected chi connectivity index (χ0v) is 14.9. The van der Waals surface area contributed by atoms with Crippen LogP contribution in [0.15, 0.2) is 36.9 Å². The highest BCUT2D eigenvalue weighted by atomic mass is 16.2. The van der Waals surface area contributed by atoms with Gasteiger partial charge >= 0.3 is 0 Å². The van der Waals surface area contributed by atoms with Crippen LogP contribution in [0.4, 0.5) is 0 Å². The summed E-state index contributed by atoms with van der Waals surface area (Å²) in [6, 6.07) is 3.91. The maximum absolute atomic E-state index is 12.7. The summed E-state index contributed by atoms with van der Waals surface area (Å²) in [6.45, 7) is 1.48. The third kappa shape index (κ3) is 2.87. The van der Waals surface area contributed by atoms with Gasteiger partial charge in [0, 0.05) is 44.8 Å². The number of hydrogen-bond acceptors (Lipinski definition) is 4. The minimum Gasteiger partial charge on any atom is -0.347 e. The van der Waals surface area contributed by atoms with E-state index in [9.17, 15) is 9.59 Å². The lowest BCUT2D eigenvalue weighted by atomic mass is 9.59. The molecular weight excluding hydrogens is 330 g/mol. The standard InChI is InChI=1S/C19H23N5O2/c1-23-10-2-3-15(23)18(26)24-11-6-19(7-12-24)5-4-16(19)22-17(25)14-13-20-8-9-21-14/h2-3,8-10,13,16H,4-7,11-12H2,1H3,(H,22,25). The van der Waals surface area contributed by atoms with Crippen LogP contribution in [0.2, 0.25) is 0 Å². The van der Waals surface area contributed by atoms with Crippen molar-refractivity contribution >= 4 is 11.8 Å². The van der Waals surface area contributed by atoms with Crippen LogP contribution in [-0.2, 0) is 7.05 Å². The normalized spacial score (nSPS) is 21.3. The lowest BCUT2D eigenvalue weighted by Crippen LogP contribution is -2.59. The van der Waals surface area contributed by atoms with Gasteiger partial charge in [-0.3, -0.25) is 14.6 Å². The second-order valence-corrected chi connectivity index (χ2v) is 7.31. The maximum Gasteiger partial charge on any atom is 0.271 e. The van der Waals surface area contributed by atoms with Crippen LogP contribution in [0.1, 0.15) is 46.7 Å². The number of aromatic nitrogens is 3. The predicted molar refractivity (Wildman–Crippen MR) is 95.5 cm³/mol. The average molecular weight is 353 g/mol. The monoisotopic (exact) mass is 353 g/mol. The highest BCUT2D eigenvalue weighted by molar-refractivity contribution is 5.93. The molecule has 7 nitrogen and oxygen atoms in total. The first-order chi connectivity index (χ1) is 12.6. The van der Waals surface area contributed by atoms with Crippen molar-refractivity contribution in [2.75, 3.05) is 13.1 Å². The number of carbonyl (C=O) groups is 2. The fourth-order valence-electron chi connectivity index (χ4n) is 4.17. The molecule has 136 valence electrons. The number of nitrogens with one attached hydrogen (secondary N) is 1. The number of nitrogens with zero attached hydrogens (tertiary/aromatic N) is 4. The lowest BCUT2D eigenvalue weighted by Gasteiger charge is -2.54. The Hall–Kier alpha value is -2.70. The van der Waals surface area contributed by atoms with E-state index >= 15 is 0 Å². The fraction of sp³-hybridized carbons (Fsp3) is 0.474. The number of rotatable bonds is 3. The summed E-state index contributed by atoms with van der Waals surface area (Å²) >= 11 is 0. The molecule has 1 unspecified atom stereocenters. The largest absolute Gasteiger partial charge is 0.347 e. The minimum absolute atomic E-state index is 0.0896. The van der Waals surface area contributed by atoms with E-state index in [-0.39, 0.29) is 23.3 Å². The first-order valence-electron chi connectivity index (χ1n) is 9.07. The highest BCUT2D eigenvalue weighted by Gasteiger charge is 2.49. The topological polar surface area (TPSA) is 80.1 Å². The third-order valence-electron chi connectivity index (χ3n) is 5.98. The molecule has 2 aromatic rings. The van der Waals surface area contributed by atoms with Crippen molar-refractivity contribution in [3.05, 3.63) is 48.3 Å². The van der Waals surface area contributed by atoms with E-state index in [0.29, 0.717) is 5.69 Å². The molecule has 2 aromatic heterocycles. The van der Waals surface area contributed by atoms with E-state index in [0.717, 1.165) is 44.5 Å². The Morgan fingerprint density at radius 2 is 2.04 bits per heavy atom. The van der Waals surface area contributed by atoms with Crippen molar-refractivity contribution in [1.29, 1.82) is 0 Å². The summed E-state index contributed by atoms with van der Waals surface area (Å²) in [5.41, 5.74) is 1.19. The van der Waals surface area contributed by atoms with Gasteiger partial charge < -0.3 is 14.8 Å². The zero-order chi connectivity index (χ0) is 18.1. The summed E-state index contributed by atoms with van der Waals surface area (Å²) in [6.07, 6.45) is 10.4. The summed E-state index contributed by atoms with van der Waals surface area (Å²) in [5.74, 6) is -0.0729. The Balaban J connectivity index is 1.37. The number of piperidine rings is 1. The van der Waals surface area contributed by atoms with Gasteiger partial charge in [0.2, 0.25) is 0 Å². The molecule has 0 radical (unpaired) electrons. The molecule has 1 saturated carbocycles. The maximum atomic E-state index is 12.7. The molecule has 4 rings (SSSR count). The van der Waals surface area contributed by atoms with Crippen molar-refractivity contribution in [3.8, 4) is 0 Å². The van der Waals surface area contributed by atoms with Crippen LogP contribution >= 0.6 is 0 Å². The van der Waals surface area contributed by atoms with Crippen molar-refractivity contribution in [1.82, 2.24) is 24.8 Å². The fourth-order valence-corrected chi connectivity index (χ4v) is 4.17. The Kier molecular flexibility index (Phi) is 4.22. The molecule has 1 spiro atoms. The van der Waals surface area contributed by atoms with Crippen molar-refractivity contribution < 1.29 is 9.59 Å². The molecule has 2 aliphatic rings. The molecule has 2 fully saturated rings. The third-order valence-corrected chi connectivity index (χ3v) is 5.98. The zero-order valence-electron chi connectivity index (χ0n) is 14.9. The number of carbonyl (C=O) groups excluding carboxylic acids is 2. The summed E-state index contributed by atoms with van der Waals surface area (Å²) in [5, 5.41) is 3.12. The molecule has 7 heteroatoms. The van der Waals surface area contributed by atoms with Crippen LogP contribution in [0.25, 0.3) is 0 Å². The van der Waals surface area contributed by atoms with Crippen molar-refractivity contribution in [2.24, 2.45) is 12.5 Å².